The van der Waals surface area contributed by atoms with Gasteiger partial charge in [-0.2, -0.15) is 0 Å². The summed E-state index contributed by atoms with van der Waals surface area (Å²) in [5.41, 5.74) is -0.843. The number of hydrogen-bond donors (Lipinski definition) is 1. The smallest absolute Gasteiger partial charge is 0.321 e. The molecule has 88 valence electrons. The molecule has 0 unspecified atom stereocenters. The molecule has 0 saturated carbocycles. The fraction of sp³-hybridized carbons (Fsp3) is 0.300. The van der Waals surface area contributed by atoms with E-state index in [9.17, 15) is 18.0 Å². The normalized spacial score (nSPS) is 10.1. The highest BCUT2D eigenvalue weighted by Crippen LogP contribution is 2.23. The number of carbonyl (C=O) groups excluding carboxylic acids is 1. The molecular weight excluding hydrogens is 221 g/mol. The van der Waals surface area contributed by atoms with Crippen molar-refractivity contribution >= 4 is 11.7 Å². The van der Waals surface area contributed by atoms with Crippen molar-refractivity contribution in [1.29, 1.82) is 0 Å². The zero-order chi connectivity index (χ0) is 12.5. The second kappa shape index (κ2) is 4.42. The predicted molar refractivity (Wildman–Crippen MR) is 53.8 cm³/mol. The van der Waals surface area contributed by atoms with Crippen LogP contribution in [0.3, 0.4) is 0 Å². The summed E-state index contributed by atoms with van der Waals surface area (Å²) >= 11 is 0. The summed E-state index contributed by atoms with van der Waals surface area (Å²) in [5, 5.41) is 2.12. The molecule has 0 aliphatic heterocycles. The van der Waals surface area contributed by atoms with E-state index in [2.05, 4.69) is 5.32 Å². The van der Waals surface area contributed by atoms with Crippen LogP contribution in [-0.4, -0.2) is 25.0 Å². The molecule has 0 bridgehead atoms. The minimum Gasteiger partial charge on any atom is -0.331 e. The number of amides is 2. The maximum Gasteiger partial charge on any atom is 0.321 e. The van der Waals surface area contributed by atoms with Crippen molar-refractivity contribution in [1.82, 2.24) is 4.90 Å². The van der Waals surface area contributed by atoms with E-state index in [0.717, 1.165) is 11.8 Å². The van der Waals surface area contributed by atoms with E-state index >= 15 is 0 Å². The Hall–Kier alpha value is -1.72. The van der Waals surface area contributed by atoms with E-state index in [0.29, 0.717) is 6.07 Å². The highest BCUT2D eigenvalue weighted by molar-refractivity contribution is 5.89. The van der Waals surface area contributed by atoms with Crippen molar-refractivity contribution in [3.8, 4) is 0 Å². The summed E-state index contributed by atoms with van der Waals surface area (Å²) in [6.07, 6.45) is 0. The molecule has 0 radical (unpaired) electrons. The Morgan fingerprint density at radius 2 is 1.81 bits per heavy atom. The summed E-state index contributed by atoms with van der Waals surface area (Å²) in [4.78, 5) is 12.4. The first-order valence-electron chi connectivity index (χ1n) is 4.47. The minimum absolute atomic E-state index is 0.380. The van der Waals surface area contributed by atoms with Gasteiger partial charge in [0, 0.05) is 25.7 Å². The lowest BCUT2D eigenvalue weighted by atomic mass is 10.2. The molecule has 0 fully saturated rings. The molecule has 6 heteroatoms. The van der Waals surface area contributed by atoms with Gasteiger partial charge in [0.15, 0.2) is 17.5 Å². The second-order valence-corrected chi connectivity index (χ2v) is 3.48. The number of anilines is 1. The van der Waals surface area contributed by atoms with Crippen LogP contribution in [0.5, 0.6) is 0 Å². The number of nitrogens with one attached hydrogen (secondary N) is 1. The average Bonchev–Trinajstić information content (AvgIpc) is 2.22. The third-order valence-corrected chi connectivity index (χ3v) is 2.02. The Balaban J connectivity index is 3.11. The van der Waals surface area contributed by atoms with Gasteiger partial charge in [0.2, 0.25) is 0 Å². The van der Waals surface area contributed by atoms with Gasteiger partial charge >= 0.3 is 6.03 Å². The lowest BCUT2D eigenvalue weighted by Crippen LogP contribution is -2.28. The molecular formula is C10H11F3N2O. The van der Waals surface area contributed by atoms with Crippen LogP contribution in [0.15, 0.2) is 6.07 Å². The van der Waals surface area contributed by atoms with E-state index in [1.54, 1.807) is 0 Å². The summed E-state index contributed by atoms with van der Waals surface area (Å²) in [6, 6.07) is -0.0108. The molecule has 0 heterocycles. The van der Waals surface area contributed by atoms with Gasteiger partial charge in [-0.3, -0.25) is 0 Å². The molecule has 1 aromatic rings. The van der Waals surface area contributed by atoms with Crippen LogP contribution in [0, 0.1) is 24.4 Å². The number of carbonyl (C=O) groups is 1. The molecule has 0 aliphatic carbocycles. The standard InChI is InChI=1S/C10H11F3N2O/c1-5-8(12)6(11)4-7(9(5)13)14-10(16)15(2)3/h4H,1-3H3,(H,14,16). The van der Waals surface area contributed by atoms with Gasteiger partial charge in [-0.05, 0) is 6.92 Å². The van der Waals surface area contributed by atoms with Crippen LogP contribution in [0.4, 0.5) is 23.7 Å². The van der Waals surface area contributed by atoms with Gasteiger partial charge in [-0.1, -0.05) is 0 Å². The number of nitrogens with zero attached hydrogens (tertiary/aromatic N) is 1. The molecule has 2 amide bonds. The maximum absolute atomic E-state index is 13.4. The molecule has 0 atom stereocenters. The molecule has 0 saturated heterocycles. The Labute approximate surface area is 90.9 Å². The van der Waals surface area contributed by atoms with Crippen LogP contribution >= 0.6 is 0 Å². The van der Waals surface area contributed by atoms with Gasteiger partial charge in [0.05, 0.1) is 5.69 Å². The summed E-state index contributed by atoms with van der Waals surface area (Å²) in [6.45, 7) is 1.10. The van der Waals surface area contributed by atoms with Crippen LogP contribution < -0.4 is 5.32 Å². The van der Waals surface area contributed by atoms with E-state index in [-0.39, 0.29) is 5.69 Å². The fourth-order valence-electron chi connectivity index (χ4n) is 1.05. The third kappa shape index (κ3) is 2.26. The molecule has 16 heavy (non-hydrogen) atoms. The van der Waals surface area contributed by atoms with Crippen LogP contribution in [0.2, 0.25) is 0 Å². The summed E-state index contributed by atoms with van der Waals surface area (Å²) in [7, 11) is 2.89. The Morgan fingerprint density at radius 1 is 1.25 bits per heavy atom. The van der Waals surface area contributed by atoms with Gasteiger partial charge in [-0.15, -0.1) is 0 Å². The van der Waals surface area contributed by atoms with E-state index in [4.69, 9.17) is 0 Å². The largest absolute Gasteiger partial charge is 0.331 e. The van der Waals surface area contributed by atoms with Crippen molar-refractivity contribution < 1.29 is 18.0 Å². The van der Waals surface area contributed by atoms with Crippen molar-refractivity contribution in [2.75, 3.05) is 19.4 Å². The first-order chi connectivity index (χ1) is 7.34. The highest BCUT2D eigenvalue weighted by atomic mass is 19.2. The zero-order valence-corrected chi connectivity index (χ0v) is 9.07. The first kappa shape index (κ1) is 12.4. The average molecular weight is 232 g/mol. The summed E-state index contributed by atoms with van der Waals surface area (Å²) in [5.74, 6) is -3.43. The van der Waals surface area contributed by atoms with Crippen LogP contribution in [-0.2, 0) is 0 Å². The highest BCUT2D eigenvalue weighted by Gasteiger charge is 2.17. The number of urea groups is 1. The van der Waals surface area contributed by atoms with E-state index in [1.165, 1.54) is 14.1 Å². The molecule has 0 spiro atoms. The molecule has 1 N–H and O–H groups in total. The lowest BCUT2D eigenvalue weighted by molar-refractivity contribution is 0.230. The Bertz CT molecular complexity index is 433. The molecule has 1 aromatic carbocycles. The molecule has 0 aromatic heterocycles. The van der Waals surface area contributed by atoms with Gasteiger partial charge in [0.25, 0.3) is 0 Å². The zero-order valence-electron chi connectivity index (χ0n) is 9.07. The van der Waals surface area contributed by atoms with Gasteiger partial charge in [0.1, 0.15) is 0 Å². The minimum atomic E-state index is -1.25. The van der Waals surface area contributed by atoms with E-state index in [1.807, 2.05) is 0 Å². The van der Waals surface area contributed by atoms with Crippen molar-refractivity contribution in [2.24, 2.45) is 0 Å². The Morgan fingerprint density at radius 3 is 2.31 bits per heavy atom. The number of halogens is 3. The van der Waals surface area contributed by atoms with Crippen LogP contribution in [0.25, 0.3) is 0 Å². The summed E-state index contributed by atoms with van der Waals surface area (Å²) < 4.78 is 39.3. The number of rotatable bonds is 1. The lowest BCUT2D eigenvalue weighted by Gasteiger charge is -2.13. The topological polar surface area (TPSA) is 32.3 Å². The monoisotopic (exact) mass is 232 g/mol. The van der Waals surface area contributed by atoms with Crippen molar-refractivity contribution in [3.63, 3.8) is 0 Å². The van der Waals surface area contributed by atoms with Crippen molar-refractivity contribution in [2.45, 2.75) is 6.92 Å². The van der Waals surface area contributed by atoms with Gasteiger partial charge in [-0.25, -0.2) is 18.0 Å². The fourth-order valence-corrected chi connectivity index (χ4v) is 1.05. The van der Waals surface area contributed by atoms with Crippen LogP contribution in [0.1, 0.15) is 5.56 Å². The molecule has 3 nitrogen and oxygen atoms in total. The molecule has 0 aliphatic rings. The maximum atomic E-state index is 13.4. The molecule has 1 rings (SSSR count). The SMILES string of the molecule is Cc1c(F)c(F)cc(NC(=O)N(C)C)c1F. The predicted octanol–water partition coefficient (Wildman–Crippen LogP) is 2.51. The van der Waals surface area contributed by atoms with Crippen molar-refractivity contribution in [3.05, 3.63) is 29.1 Å². The van der Waals surface area contributed by atoms with E-state index < -0.39 is 29.0 Å². The number of benzene rings is 1. The first-order valence-corrected chi connectivity index (χ1v) is 4.47. The Kier molecular flexibility index (Phi) is 3.41. The van der Waals surface area contributed by atoms with Gasteiger partial charge < -0.3 is 10.2 Å². The second-order valence-electron chi connectivity index (χ2n) is 3.48. The quantitative estimate of drug-likeness (QED) is 0.741. The third-order valence-electron chi connectivity index (χ3n) is 2.02. The number of hydrogen-bond acceptors (Lipinski definition) is 1.